The molecule has 5 nitrogen and oxygen atoms in total. The van der Waals surface area contributed by atoms with Crippen molar-refractivity contribution in [3.63, 3.8) is 0 Å². The number of nitrogens with zero attached hydrogens (tertiary/aromatic N) is 2. The van der Waals surface area contributed by atoms with Crippen molar-refractivity contribution in [2.45, 2.75) is 26.7 Å². The van der Waals surface area contributed by atoms with Crippen LogP contribution in [0.5, 0.6) is 0 Å². The number of rotatable bonds is 6. The van der Waals surface area contributed by atoms with Gasteiger partial charge in [-0.2, -0.15) is 17.0 Å². The van der Waals surface area contributed by atoms with E-state index in [1.54, 1.807) is 0 Å². The summed E-state index contributed by atoms with van der Waals surface area (Å²) in [6.07, 6.45) is 1.47. The quantitative estimate of drug-likeness (QED) is 0.731. The average Bonchev–Trinajstić information content (AvgIpc) is 2.35. The molecule has 1 N–H and O–H groups in total. The molecule has 0 aromatic carbocycles. The van der Waals surface area contributed by atoms with Gasteiger partial charge in [0, 0.05) is 32.8 Å². The van der Waals surface area contributed by atoms with E-state index in [1.807, 2.05) is 13.8 Å². The van der Waals surface area contributed by atoms with Crippen LogP contribution in [0.1, 0.15) is 26.7 Å². The van der Waals surface area contributed by atoms with Crippen LogP contribution in [0.3, 0.4) is 0 Å². The standard InChI is InChI=1S/C12H24N2O3S/c1-4-13(9-11(2)3)18(16,17)14-7-5-12(10-15)6-8-14/h12,15H,2,4-10H2,1,3H3. The molecule has 1 fully saturated rings. The predicted molar refractivity (Wildman–Crippen MR) is 72.4 cm³/mol. The van der Waals surface area contributed by atoms with Gasteiger partial charge in [0.05, 0.1) is 0 Å². The number of aliphatic hydroxyl groups excluding tert-OH is 1. The molecule has 1 aliphatic rings. The third-order valence-corrected chi connectivity index (χ3v) is 5.34. The lowest BCUT2D eigenvalue weighted by molar-refractivity contribution is 0.166. The SMILES string of the molecule is C=C(C)CN(CC)S(=O)(=O)N1CCC(CO)CC1. The zero-order valence-electron chi connectivity index (χ0n) is 11.3. The van der Waals surface area contributed by atoms with Crippen molar-refractivity contribution in [2.24, 2.45) is 5.92 Å². The molecule has 0 radical (unpaired) electrons. The van der Waals surface area contributed by atoms with Crippen LogP contribution in [-0.2, 0) is 10.2 Å². The molecule has 106 valence electrons. The fourth-order valence-corrected chi connectivity index (χ4v) is 3.85. The van der Waals surface area contributed by atoms with Crippen LogP contribution in [-0.4, -0.2) is 54.9 Å². The first kappa shape index (κ1) is 15.6. The van der Waals surface area contributed by atoms with Crippen LogP contribution in [0, 0.1) is 5.92 Å². The van der Waals surface area contributed by atoms with Crippen LogP contribution >= 0.6 is 0 Å². The highest BCUT2D eigenvalue weighted by atomic mass is 32.2. The van der Waals surface area contributed by atoms with Gasteiger partial charge in [-0.3, -0.25) is 0 Å². The average molecular weight is 276 g/mol. The van der Waals surface area contributed by atoms with Gasteiger partial charge in [0.15, 0.2) is 0 Å². The van der Waals surface area contributed by atoms with Gasteiger partial charge in [-0.05, 0) is 25.7 Å². The van der Waals surface area contributed by atoms with E-state index in [2.05, 4.69) is 6.58 Å². The number of piperidine rings is 1. The summed E-state index contributed by atoms with van der Waals surface area (Å²) in [4.78, 5) is 0. The molecule has 0 aromatic heterocycles. The molecule has 1 rings (SSSR count). The largest absolute Gasteiger partial charge is 0.396 e. The van der Waals surface area contributed by atoms with Gasteiger partial charge in [0.25, 0.3) is 10.2 Å². The molecule has 6 heteroatoms. The highest BCUT2D eigenvalue weighted by molar-refractivity contribution is 7.86. The van der Waals surface area contributed by atoms with Crippen molar-refractivity contribution in [1.29, 1.82) is 0 Å². The van der Waals surface area contributed by atoms with E-state index in [4.69, 9.17) is 5.11 Å². The Kier molecular flexibility index (Phi) is 5.78. The molecule has 0 saturated carbocycles. The summed E-state index contributed by atoms with van der Waals surface area (Å²) in [5, 5.41) is 9.06. The summed E-state index contributed by atoms with van der Waals surface area (Å²) in [5.41, 5.74) is 0.839. The van der Waals surface area contributed by atoms with E-state index in [0.717, 1.165) is 18.4 Å². The number of hydrogen-bond donors (Lipinski definition) is 1. The molecule has 1 aliphatic heterocycles. The van der Waals surface area contributed by atoms with Crippen molar-refractivity contribution in [2.75, 3.05) is 32.8 Å². The second kappa shape index (κ2) is 6.65. The Labute approximate surface area is 110 Å². The van der Waals surface area contributed by atoms with Crippen LogP contribution in [0.4, 0.5) is 0 Å². The van der Waals surface area contributed by atoms with Gasteiger partial charge >= 0.3 is 0 Å². The summed E-state index contributed by atoms with van der Waals surface area (Å²) >= 11 is 0. The maximum Gasteiger partial charge on any atom is 0.282 e. The van der Waals surface area contributed by atoms with Gasteiger partial charge < -0.3 is 5.11 Å². The van der Waals surface area contributed by atoms with Crippen molar-refractivity contribution < 1.29 is 13.5 Å². The first-order chi connectivity index (χ1) is 8.41. The second-order valence-electron chi connectivity index (χ2n) is 4.92. The van der Waals surface area contributed by atoms with Gasteiger partial charge in [0.1, 0.15) is 0 Å². The molecule has 0 amide bonds. The molecule has 0 aliphatic carbocycles. The lowest BCUT2D eigenvalue weighted by Gasteiger charge is -2.34. The molecular formula is C12H24N2O3S. The maximum absolute atomic E-state index is 12.4. The van der Waals surface area contributed by atoms with Crippen molar-refractivity contribution in [3.05, 3.63) is 12.2 Å². The Bertz CT molecular complexity index is 373. The number of hydrogen-bond acceptors (Lipinski definition) is 3. The van der Waals surface area contributed by atoms with E-state index in [9.17, 15) is 8.42 Å². The fourth-order valence-electron chi connectivity index (χ4n) is 2.14. The molecule has 0 spiro atoms. The molecule has 1 saturated heterocycles. The van der Waals surface area contributed by atoms with Gasteiger partial charge in [-0.25, -0.2) is 0 Å². The van der Waals surface area contributed by atoms with Gasteiger partial charge in [-0.1, -0.05) is 19.1 Å². The van der Waals surface area contributed by atoms with E-state index in [0.29, 0.717) is 26.2 Å². The van der Waals surface area contributed by atoms with Crippen molar-refractivity contribution in [3.8, 4) is 0 Å². The summed E-state index contributed by atoms with van der Waals surface area (Å²) < 4.78 is 27.8. The zero-order chi connectivity index (χ0) is 13.8. The third-order valence-electron chi connectivity index (χ3n) is 3.28. The Morgan fingerprint density at radius 3 is 2.39 bits per heavy atom. The van der Waals surface area contributed by atoms with Crippen LogP contribution < -0.4 is 0 Å². The second-order valence-corrected chi connectivity index (χ2v) is 6.84. The molecule has 18 heavy (non-hydrogen) atoms. The Morgan fingerprint density at radius 1 is 1.44 bits per heavy atom. The lowest BCUT2D eigenvalue weighted by Crippen LogP contribution is -2.47. The first-order valence-electron chi connectivity index (χ1n) is 6.42. The Balaban J connectivity index is 2.70. The van der Waals surface area contributed by atoms with Crippen LogP contribution in [0.25, 0.3) is 0 Å². The van der Waals surface area contributed by atoms with E-state index >= 15 is 0 Å². The minimum Gasteiger partial charge on any atom is -0.396 e. The third kappa shape index (κ3) is 3.78. The van der Waals surface area contributed by atoms with Gasteiger partial charge in [0.2, 0.25) is 0 Å². The van der Waals surface area contributed by atoms with E-state index < -0.39 is 10.2 Å². The minimum absolute atomic E-state index is 0.150. The number of likely N-dealkylation sites (N-methyl/N-ethyl adjacent to an activating group) is 1. The van der Waals surface area contributed by atoms with Crippen molar-refractivity contribution >= 4 is 10.2 Å². The molecule has 0 unspecified atom stereocenters. The fraction of sp³-hybridized carbons (Fsp3) is 0.833. The summed E-state index contributed by atoms with van der Waals surface area (Å²) in [6.45, 7) is 9.41. The van der Waals surface area contributed by atoms with Crippen LogP contribution in [0.2, 0.25) is 0 Å². The van der Waals surface area contributed by atoms with Crippen molar-refractivity contribution in [1.82, 2.24) is 8.61 Å². The van der Waals surface area contributed by atoms with E-state index in [-0.39, 0.29) is 12.5 Å². The zero-order valence-corrected chi connectivity index (χ0v) is 12.1. The van der Waals surface area contributed by atoms with Gasteiger partial charge in [-0.15, -0.1) is 0 Å². The minimum atomic E-state index is -3.38. The maximum atomic E-state index is 12.4. The summed E-state index contributed by atoms with van der Waals surface area (Å²) in [7, 11) is -3.38. The molecule has 0 aromatic rings. The molecule has 0 bridgehead atoms. The number of aliphatic hydroxyl groups is 1. The molecule has 0 atom stereocenters. The predicted octanol–water partition coefficient (Wildman–Crippen LogP) is 0.834. The Hall–Kier alpha value is -0.430. The normalized spacial score (nSPS) is 19.3. The monoisotopic (exact) mass is 276 g/mol. The summed E-state index contributed by atoms with van der Waals surface area (Å²) in [6, 6.07) is 0. The first-order valence-corrected chi connectivity index (χ1v) is 7.82. The molecule has 1 heterocycles. The lowest BCUT2D eigenvalue weighted by atomic mass is 10.00. The highest BCUT2D eigenvalue weighted by Gasteiger charge is 2.31. The molecular weight excluding hydrogens is 252 g/mol. The van der Waals surface area contributed by atoms with E-state index in [1.165, 1.54) is 8.61 Å². The smallest absolute Gasteiger partial charge is 0.282 e. The summed E-state index contributed by atoms with van der Waals surface area (Å²) in [5.74, 6) is 0.243. The van der Waals surface area contributed by atoms with Crippen LogP contribution in [0.15, 0.2) is 12.2 Å². The highest BCUT2D eigenvalue weighted by Crippen LogP contribution is 2.21. The topological polar surface area (TPSA) is 60.9 Å². The Morgan fingerprint density at radius 2 is 2.00 bits per heavy atom.